The van der Waals surface area contributed by atoms with Gasteiger partial charge in [0.1, 0.15) is 0 Å². The van der Waals surface area contributed by atoms with Gasteiger partial charge in [-0.15, -0.1) is 6.58 Å². The second-order valence-electron chi connectivity index (χ2n) is 7.59. The summed E-state index contributed by atoms with van der Waals surface area (Å²) >= 11 is 1.43. The molecule has 0 saturated carbocycles. The molecule has 1 heterocycles. The molecule has 1 aromatic heterocycles. The van der Waals surface area contributed by atoms with Crippen LogP contribution >= 0.6 is 11.3 Å². The number of methoxy groups -OCH3 is 2. The zero-order valence-corrected chi connectivity index (χ0v) is 21.2. The van der Waals surface area contributed by atoms with Crippen LogP contribution in [0.25, 0.3) is 10.2 Å². The van der Waals surface area contributed by atoms with Gasteiger partial charge in [-0.2, -0.15) is 9.30 Å². The minimum absolute atomic E-state index is 0.0929. The van der Waals surface area contributed by atoms with Crippen LogP contribution in [0.5, 0.6) is 0 Å². The zero-order valence-electron chi connectivity index (χ0n) is 19.6. The molecule has 0 aliphatic heterocycles. The van der Waals surface area contributed by atoms with E-state index in [-0.39, 0.29) is 31.2 Å². The largest absolute Gasteiger partial charge is 0.383 e. The van der Waals surface area contributed by atoms with Gasteiger partial charge in [0.25, 0.3) is 5.91 Å². The number of thiazole rings is 1. The lowest BCUT2D eigenvalue weighted by Crippen LogP contribution is -2.36. The van der Waals surface area contributed by atoms with Crippen molar-refractivity contribution in [3.63, 3.8) is 0 Å². The Morgan fingerprint density at radius 3 is 2.35 bits per heavy atom. The first kappa shape index (κ1) is 26.0. The number of benzene rings is 2. The normalized spacial score (nSPS) is 12.5. The third-order valence-corrected chi connectivity index (χ3v) is 8.13. The number of ether oxygens (including phenoxy) is 2. The van der Waals surface area contributed by atoms with Gasteiger partial charge in [0.2, 0.25) is 10.0 Å². The van der Waals surface area contributed by atoms with Crippen LogP contribution in [0.4, 0.5) is 0 Å². The van der Waals surface area contributed by atoms with Crippen molar-refractivity contribution in [2.45, 2.75) is 18.4 Å². The van der Waals surface area contributed by atoms with Crippen molar-refractivity contribution in [2.24, 2.45) is 4.99 Å². The Morgan fingerprint density at radius 2 is 1.76 bits per heavy atom. The minimum atomic E-state index is -3.76. The van der Waals surface area contributed by atoms with E-state index in [9.17, 15) is 13.2 Å². The molecule has 0 bridgehead atoms. The first-order valence-electron chi connectivity index (χ1n) is 10.7. The Labute approximate surface area is 203 Å². The summed E-state index contributed by atoms with van der Waals surface area (Å²) < 4.78 is 40.5. The standard InChI is InChI=1S/C24H29N3O5S2/c1-5-12-27-21-11-6-18(2)17-22(21)33-24(27)25-23(28)19-7-9-20(10-8-19)34(29,30)26(13-15-31-3)14-16-32-4/h5-11,17H,1,12-16H2,2-4H3. The SMILES string of the molecule is C=CCn1c(=NC(=O)c2ccc(S(=O)(=O)N(CCOC)CCOC)cc2)sc2cc(C)ccc21. The lowest BCUT2D eigenvalue weighted by molar-refractivity contribution is 0.0997. The van der Waals surface area contributed by atoms with Crippen LogP contribution in [0.15, 0.2) is 65.0 Å². The molecule has 182 valence electrons. The molecule has 0 saturated heterocycles. The molecule has 0 unspecified atom stereocenters. The van der Waals surface area contributed by atoms with Crippen molar-refractivity contribution < 1.29 is 22.7 Å². The maximum Gasteiger partial charge on any atom is 0.279 e. The van der Waals surface area contributed by atoms with Crippen LogP contribution in [0.1, 0.15) is 15.9 Å². The second-order valence-corrected chi connectivity index (χ2v) is 10.5. The highest BCUT2D eigenvalue weighted by atomic mass is 32.2. The lowest BCUT2D eigenvalue weighted by Gasteiger charge is -2.21. The Morgan fingerprint density at radius 1 is 1.12 bits per heavy atom. The van der Waals surface area contributed by atoms with Gasteiger partial charge in [0.15, 0.2) is 4.80 Å². The highest BCUT2D eigenvalue weighted by molar-refractivity contribution is 7.89. The predicted molar refractivity (Wildman–Crippen MR) is 134 cm³/mol. The zero-order chi connectivity index (χ0) is 24.7. The van der Waals surface area contributed by atoms with Gasteiger partial charge in [0.05, 0.1) is 28.3 Å². The van der Waals surface area contributed by atoms with Crippen molar-refractivity contribution >= 4 is 37.5 Å². The first-order chi connectivity index (χ1) is 16.3. The van der Waals surface area contributed by atoms with Crippen molar-refractivity contribution in [3.8, 4) is 0 Å². The summed E-state index contributed by atoms with van der Waals surface area (Å²) in [4.78, 5) is 17.9. The summed E-state index contributed by atoms with van der Waals surface area (Å²) in [7, 11) is -0.733. The molecule has 34 heavy (non-hydrogen) atoms. The quantitative estimate of drug-likeness (QED) is 0.375. The van der Waals surface area contributed by atoms with Gasteiger partial charge in [-0.05, 0) is 48.9 Å². The van der Waals surface area contributed by atoms with E-state index in [2.05, 4.69) is 17.6 Å². The lowest BCUT2D eigenvalue weighted by atomic mass is 10.2. The number of hydrogen-bond acceptors (Lipinski definition) is 6. The van der Waals surface area contributed by atoms with E-state index in [0.717, 1.165) is 15.8 Å². The molecule has 0 N–H and O–H groups in total. The highest BCUT2D eigenvalue weighted by Crippen LogP contribution is 2.20. The molecule has 0 aliphatic rings. The van der Waals surface area contributed by atoms with Gasteiger partial charge in [0, 0.05) is 39.4 Å². The van der Waals surface area contributed by atoms with E-state index in [1.54, 1.807) is 6.08 Å². The van der Waals surface area contributed by atoms with Crippen LogP contribution in [0.3, 0.4) is 0 Å². The van der Waals surface area contributed by atoms with Crippen LogP contribution in [-0.4, -0.2) is 63.7 Å². The van der Waals surface area contributed by atoms with Gasteiger partial charge in [-0.3, -0.25) is 4.79 Å². The van der Waals surface area contributed by atoms with Crippen LogP contribution < -0.4 is 4.80 Å². The smallest absolute Gasteiger partial charge is 0.279 e. The monoisotopic (exact) mass is 503 g/mol. The number of allylic oxidation sites excluding steroid dienone is 1. The topological polar surface area (TPSA) is 90.2 Å². The number of aromatic nitrogens is 1. The fourth-order valence-corrected chi connectivity index (χ4v) is 5.92. The summed E-state index contributed by atoms with van der Waals surface area (Å²) in [5, 5.41) is 0. The summed E-state index contributed by atoms with van der Waals surface area (Å²) in [6.07, 6.45) is 1.76. The summed E-state index contributed by atoms with van der Waals surface area (Å²) in [6.45, 7) is 7.26. The van der Waals surface area contributed by atoms with Crippen molar-refractivity contribution in [3.05, 3.63) is 71.0 Å². The van der Waals surface area contributed by atoms with Crippen molar-refractivity contribution in [2.75, 3.05) is 40.5 Å². The van der Waals surface area contributed by atoms with E-state index in [4.69, 9.17) is 9.47 Å². The average Bonchev–Trinajstić information content (AvgIpc) is 3.15. The number of sulfonamides is 1. The molecule has 0 aliphatic carbocycles. The van der Waals surface area contributed by atoms with Crippen LogP contribution in [0, 0.1) is 6.92 Å². The van der Waals surface area contributed by atoms with E-state index in [1.165, 1.54) is 54.1 Å². The maximum atomic E-state index is 13.1. The van der Waals surface area contributed by atoms with E-state index in [1.807, 2.05) is 23.6 Å². The van der Waals surface area contributed by atoms with Gasteiger partial charge >= 0.3 is 0 Å². The fraction of sp³-hybridized carbons (Fsp3) is 0.333. The fourth-order valence-electron chi connectivity index (χ4n) is 3.38. The molecule has 0 atom stereocenters. The summed E-state index contributed by atoms with van der Waals surface area (Å²) in [5.74, 6) is -0.444. The Hall–Kier alpha value is -2.63. The highest BCUT2D eigenvalue weighted by Gasteiger charge is 2.24. The molecule has 2 aromatic carbocycles. The number of nitrogens with zero attached hydrogens (tertiary/aromatic N) is 3. The van der Waals surface area contributed by atoms with Crippen LogP contribution in [-0.2, 0) is 26.0 Å². The molecule has 0 fully saturated rings. The van der Waals surface area contributed by atoms with E-state index in [0.29, 0.717) is 16.9 Å². The van der Waals surface area contributed by atoms with Gasteiger partial charge < -0.3 is 14.0 Å². The molecule has 1 amide bonds. The Kier molecular flexibility index (Phi) is 8.92. The number of hydrogen-bond donors (Lipinski definition) is 0. The van der Waals surface area contributed by atoms with Crippen LogP contribution in [0.2, 0.25) is 0 Å². The molecule has 10 heteroatoms. The molecule has 8 nitrogen and oxygen atoms in total. The third-order valence-electron chi connectivity index (χ3n) is 5.18. The number of fused-ring (bicyclic) bond motifs is 1. The van der Waals surface area contributed by atoms with Crippen molar-refractivity contribution in [1.82, 2.24) is 8.87 Å². The first-order valence-corrected chi connectivity index (χ1v) is 13.0. The average molecular weight is 504 g/mol. The third kappa shape index (κ3) is 5.89. The van der Waals surface area contributed by atoms with E-state index < -0.39 is 15.9 Å². The molecular formula is C24H29N3O5S2. The molecule has 3 rings (SSSR count). The number of carbonyl (C=O) groups is 1. The predicted octanol–water partition coefficient (Wildman–Crippen LogP) is 3.22. The van der Waals surface area contributed by atoms with Gasteiger partial charge in [-0.1, -0.05) is 23.5 Å². The number of rotatable bonds is 11. The molecule has 0 spiro atoms. The molecular weight excluding hydrogens is 474 g/mol. The Bertz CT molecular complexity index is 1320. The number of carbonyl (C=O) groups excluding carboxylic acids is 1. The maximum absolute atomic E-state index is 13.1. The minimum Gasteiger partial charge on any atom is -0.383 e. The Balaban J connectivity index is 1.91. The summed E-state index contributed by atoms with van der Waals surface area (Å²) in [5.41, 5.74) is 2.41. The van der Waals surface area contributed by atoms with E-state index >= 15 is 0 Å². The second kappa shape index (κ2) is 11.7. The number of amides is 1. The molecule has 3 aromatic rings. The van der Waals surface area contributed by atoms with Crippen molar-refractivity contribution in [1.29, 1.82) is 0 Å². The summed E-state index contributed by atoms with van der Waals surface area (Å²) in [6, 6.07) is 11.9. The number of aryl methyl sites for hydroxylation is 1. The molecule has 0 radical (unpaired) electrons. The van der Waals surface area contributed by atoms with Gasteiger partial charge in [-0.25, -0.2) is 8.42 Å².